The summed E-state index contributed by atoms with van der Waals surface area (Å²) in [4.78, 5) is 17.6. The monoisotopic (exact) mass is 403 g/mol. The average molecular weight is 403 g/mol. The van der Waals surface area contributed by atoms with Gasteiger partial charge in [0.05, 0.1) is 15.8 Å². The number of benzene rings is 1. The van der Waals surface area contributed by atoms with Gasteiger partial charge in [0, 0.05) is 45.7 Å². The number of hydrogen-bond acceptors (Lipinski definition) is 6. The van der Waals surface area contributed by atoms with Crippen LogP contribution in [0.2, 0.25) is 0 Å². The third-order valence-electron chi connectivity index (χ3n) is 4.86. The Hall–Kier alpha value is -2.52. The van der Waals surface area contributed by atoms with Gasteiger partial charge in [0.15, 0.2) is 5.13 Å². The van der Waals surface area contributed by atoms with Gasteiger partial charge in [0.25, 0.3) is 0 Å². The van der Waals surface area contributed by atoms with E-state index in [0.29, 0.717) is 23.1 Å². The molecule has 1 fully saturated rings. The normalized spacial score (nSPS) is 20.0. The van der Waals surface area contributed by atoms with Crippen LogP contribution in [0.25, 0.3) is 10.9 Å². The van der Waals surface area contributed by atoms with E-state index in [1.807, 2.05) is 31.4 Å². The lowest BCUT2D eigenvalue weighted by molar-refractivity contribution is -0.114. The van der Waals surface area contributed by atoms with Gasteiger partial charge in [-0.05, 0) is 19.1 Å². The standard InChI is InChI=1S/C19H22FN5O2S/c1-11-7-13(27-16-6-4-5-15-14(16)9-24(3)23-15)8-25(11)10-17-18(20)22-19(28-17)21-12(2)26/h4-6,9,11,13H,7-8,10H2,1-3H3,(H,21,22,26)/t11-,13+/m0/s1. The van der Waals surface area contributed by atoms with Crippen LogP contribution in [0.3, 0.4) is 0 Å². The quantitative estimate of drug-likeness (QED) is 0.708. The van der Waals surface area contributed by atoms with E-state index in [9.17, 15) is 9.18 Å². The van der Waals surface area contributed by atoms with Gasteiger partial charge in [-0.15, -0.1) is 0 Å². The maximum absolute atomic E-state index is 14.1. The molecule has 0 aliphatic carbocycles. The molecule has 4 rings (SSSR count). The van der Waals surface area contributed by atoms with Crippen molar-refractivity contribution in [2.45, 2.75) is 39.0 Å². The Morgan fingerprint density at radius 2 is 2.29 bits per heavy atom. The van der Waals surface area contributed by atoms with Crippen LogP contribution in [0.4, 0.5) is 9.52 Å². The first-order valence-electron chi connectivity index (χ1n) is 9.15. The summed E-state index contributed by atoms with van der Waals surface area (Å²) in [6, 6.07) is 6.12. The minimum Gasteiger partial charge on any atom is -0.488 e. The molecule has 2 atom stereocenters. The topological polar surface area (TPSA) is 72.3 Å². The fourth-order valence-electron chi connectivity index (χ4n) is 3.59. The highest BCUT2D eigenvalue weighted by atomic mass is 32.1. The van der Waals surface area contributed by atoms with E-state index < -0.39 is 5.95 Å². The number of carbonyl (C=O) groups is 1. The maximum atomic E-state index is 14.1. The summed E-state index contributed by atoms with van der Waals surface area (Å²) in [5, 5.41) is 8.24. The molecule has 28 heavy (non-hydrogen) atoms. The van der Waals surface area contributed by atoms with E-state index in [1.165, 1.54) is 18.3 Å². The number of aromatic nitrogens is 3. The summed E-state index contributed by atoms with van der Waals surface area (Å²) in [6.07, 6.45) is 2.83. The molecule has 1 N–H and O–H groups in total. The molecule has 0 radical (unpaired) electrons. The number of nitrogens with one attached hydrogen (secondary N) is 1. The third kappa shape index (κ3) is 3.85. The third-order valence-corrected chi connectivity index (χ3v) is 5.79. The number of fused-ring (bicyclic) bond motifs is 1. The van der Waals surface area contributed by atoms with E-state index in [2.05, 4.69) is 27.2 Å². The van der Waals surface area contributed by atoms with Crippen molar-refractivity contribution in [2.24, 2.45) is 7.05 Å². The average Bonchev–Trinajstić information content (AvgIpc) is 3.25. The van der Waals surface area contributed by atoms with Crippen LogP contribution in [-0.2, 0) is 18.4 Å². The Morgan fingerprint density at radius 3 is 3.07 bits per heavy atom. The second-order valence-electron chi connectivity index (χ2n) is 7.16. The fourth-order valence-corrected chi connectivity index (χ4v) is 4.50. The van der Waals surface area contributed by atoms with Crippen molar-refractivity contribution in [1.82, 2.24) is 19.7 Å². The first-order chi connectivity index (χ1) is 13.4. The molecule has 148 valence electrons. The minimum absolute atomic E-state index is 0.0200. The predicted octanol–water partition coefficient (Wildman–Crippen LogP) is 3.17. The zero-order chi connectivity index (χ0) is 19.8. The summed E-state index contributed by atoms with van der Waals surface area (Å²) < 4.78 is 22.2. The molecule has 1 aromatic carbocycles. The fraction of sp³-hybridized carbons (Fsp3) is 0.421. The molecule has 2 aromatic heterocycles. The Labute approximate surface area is 166 Å². The summed E-state index contributed by atoms with van der Waals surface area (Å²) in [5.41, 5.74) is 0.903. The van der Waals surface area contributed by atoms with Gasteiger partial charge in [-0.2, -0.15) is 14.5 Å². The van der Waals surface area contributed by atoms with Gasteiger partial charge in [0.1, 0.15) is 11.9 Å². The van der Waals surface area contributed by atoms with Gasteiger partial charge in [-0.3, -0.25) is 14.4 Å². The van der Waals surface area contributed by atoms with E-state index in [0.717, 1.165) is 23.1 Å². The van der Waals surface area contributed by atoms with Gasteiger partial charge in [0.2, 0.25) is 11.9 Å². The van der Waals surface area contributed by atoms with Crippen LogP contribution in [-0.4, -0.2) is 44.3 Å². The molecule has 0 unspecified atom stereocenters. The number of aryl methyl sites for hydroxylation is 1. The molecule has 0 bridgehead atoms. The van der Waals surface area contributed by atoms with Crippen molar-refractivity contribution in [1.29, 1.82) is 0 Å². The van der Waals surface area contributed by atoms with Gasteiger partial charge in [-0.25, -0.2) is 0 Å². The summed E-state index contributed by atoms with van der Waals surface area (Å²) in [5.74, 6) is 0.0416. The minimum atomic E-state index is -0.523. The molecule has 3 heterocycles. The van der Waals surface area contributed by atoms with Crippen molar-refractivity contribution in [3.63, 3.8) is 0 Å². The molecule has 1 aliphatic heterocycles. The van der Waals surface area contributed by atoms with Crippen molar-refractivity contribution in [2.75, 3.05) is 11.9 Å². The van der Waals surface area contributed by atoms with Crippen LogP contribution in [0.5, 0.6) is 5.75 Å². The molecule has 7 nitrogen and oxygen atoms in total. The largest absolute Gasteiger partial charge is 0.488 e. The number of thiazole rings is 1. The maximum Gasteiger partial charge on any atom is 0.230 e. The number of anilines is 1. The second kappa shape index (κ2) is 7.48. The molecular weight excluding hydrogens is 381 g/mol. The molecule has 0 spiro atoms. The molecule has 1 aliphatic rings. The summed E-state index contributed by atoms with van der Waals surface area (Å²) in [7, 11) is 1.89. The number of carbonyl (C=O) groups excluding carboxylic acids is 1. The van der Waals surface area contributed by atoms with Crippen LogP contribution in [0.1, 0.15) is 25.1 Å². The van der Waals surface area contributed by atoms with E-state index in [-0.39, 0.29) is 18.1 Å². The second-order valence-corrected chi connectivity index (χ2v) is 8.24. The first-order valence-corrected chi connectivity index (χ1v) is 9.96. The van der Waals surface area contributed by atoms with E-state index in [1.54, 1.807) is 4.68 Å². The van der Waals surface area contributed by atoms with E-state index in [4.69, 9.17) is 4.74 Å². The number of hydrogen-bond donors (Lipinski definition) is 1. The van der Waals surface area contributed by atoms with Crippen molar-refractivity contribution in [3.8, 4) is 5.75 Å². The van der Waals surface area contributed by atoms with Crippen molar-refractivity contribution >= 4 is 33.3 Å². The summed E-state index contributed by atoms with van der Waals surface area (Å²) in [6.45, 7) is 4.64. The summed E-state index contributed by atoms with van der Waals surface area (Å²) >= 11 is 1.17. The van der Waals surface area contributed by atoms with Crippen LogP contribution in [0.15, 0.2) is 24.4 Å². The smallest absolute Gasteiger partial charge is 0.230 e. The highest BCUT2D eigenvalue weighted by molar-refractivity contribution is 7.15. The Bertz CT molecular complexity index is 1020. The lowest BCUT2D eigenvalue weighted by Crippen LogP contribution is -2.28. The first kappa shape index (κ1) is 18.8. The van der Waals surface area contributed by atoms with Crippen molar-refractivity contribution < 1.29 is 13.9 Å². The van der Waals surface area contributed by atoms with Gasteiger partial charge >= 0.3 is 0 Å². The van der Waals surface area contributed by atoms with Crippen LogP contribution >= 0.6 is 11.3 Å². The SMILES string of the molecule is CC(=O)Nc1nc(F)c(CN2C[C@H](Oc3cccc4nn(C)cc34)C[C@@H]2C)s1. The molecule has 1 saturated heterocycles. The van der Waals surface area contributed by atoms with Gasteiger partial charge < -0.3 is 10.1 Å². The molecule has 3 aromatic rings. The Morgan fingerprint density at radius 1 is 1.46 bits per heavy atom. The highest BCUT2D eigenvalue weighted by Gasteiger charge is 2.32. The van der Waals surface area contributed by atoms with Crippen LogP contribution < -0.4 is 10.1 Å². The zero-order valence-electron chi connectivity index (χ0n) is 16.0. The number of ether oxygens (including phenoxy) is 1. The number of halogens is 1. The molecule has 0 saturated carbocycles. The lowest BCUT2D eigenvalue weighted by Gasteiger charge is -2.19. The zero-order valence-corrected chi connectivity index (χ0v) is 16.8. The van der Waals surface area contributed by atoms with E-state index >= 15 is 0 Å². The lowest BCUT2D eigenvalue weighted by atomic mass is 10.2. The predicted molar refractivity (Wildman–Crippen MR) is 106 cm³/mol. The number of likely N-dealkylation sites (tertiary alicyclic amines) is 1. The highest BCUT2D eigenvalue weighted by Crippen LogP contribution is 2.31. The van der Waals surface area contributed by atoms with Crippen LogP contribution in [0, 0.1) is 5.95 Å². The number of amides is 1. The Kier molecular flexibility index (Phi) is 5.03. The number of nitrogens with zero attached hydrogens (tertiary/aromatic N) is 4. The van der Waals surface area contributed by atoms with Gasteiger partial charge in [-0.1, -0.05) is 17.4 Å². The Balaban J connectivity index is 1.45. The molecular formula is C19H22FN5O2S. The molecule has 1 amide bonds. The van der Waals surface area contributed by atoms with Crippen molar-refractivity contribution in [3.05, 3.63) is 35.2 Å². The molecule has 9 heteroatoms. The number of rotatable bonds is 5.